The van der Waals surface area contributed by atoms with Crippen molar-refractivity contribution in [3.63, 3.8) is 0 Å². The second kappa shape index (κ2) is 10.6. The maximum Gasteiger partial charge on any atom is 0.146 e. The summed E-state index contributed by atoms with van der Waals surface area (Å²) < 4.78 is 21.2. The summed E-state index contributed by atoms with van der Waals surface area (Å²) in [5, 5.41) is 9.34. The molecule has 21 heavy (non-hydrogen) atoms. The number of hydrogen-bond donors (Lipinski definition) is 1. The lowest BCUT2D eigenvalue weighted by atomic mass is 10.1. The maximum absolute atomic E-state index is 9.34. The van der Waals surface area contributed by atoms with Crippen molar-refractivity contribution >= 4 is 0 Å². The van der Waals surface area contributed by atoms with Crippen molar-refractivity contribution in [2.45, 2.75) is 38.6 Å². The number of aliphatic hydroxyl groups excluding tert-OH is 1. The second-order valence-electron chi connectivity index (χ2n) is 4.98. The minimum atomic E-state index is -0.333. The molecule has 0 unspecified atom stereocenters. The Morgan fingerprint density at radius 1 is 1.10 bits per heavy atom. The largest absolute Gasteiger partial charge is 0.497 e. The molecule has 5 heteroatoms. The molecule has 1 aromatic carbocycles. The first kappa shape index (κ1) is 17.9. The van der Waals surface area contributed by atoms with Gasteiger partial charge in [0.2, 0.25) is 0 Å². The van der Waals surface area contributed by atoms with E-state index in [9.17, 15) is 5.11 Å². The fourth-order valence-electron chi connectivity index (χ4n) is 1.84. The van der Waals surface area contributed by atoms with Gasteiger partial charge in [0.1, 0.15) is 12.5 Å². The lowest BCUT2D eigenvalue weighted by Gasteiger charge is -2.18. The minimum absolute atomic E-state index is 0.0715. The van der Waals surface area contributed by atoms with Gasteiger partial charge in [-0.3, -0.25) is 0 Å². The molecular formula is C16H26O5. The Bertz CT molecular complexity index is 363. The lowest BCUT2D eigenvalue weighted by molar-refractivity contribution is -0.103. The third kappa shape index (κ3) is 8.02. The molecule has 0 aliphatic carbocycles. The summed E-state index contributed by atoms with van der Waals surface area (Å²) in [6.45, 7) is 3.00. The van der Waals surface area contributed by atoms with E-state index in [0.29, 0.717) is 19.6 Å². The highest BCUT2D eigenvalue weighted by Crippen LogP contribution is 2.13. The van der Waals surface area contributed by atoms with Crippen molar-refractivity contribution in [2.75, 3.05) is 27.6 Å². The van der Waals surface area contributed by atoms with Gasteiger partial charge in [0.15, 0.2) is 0 Å². The van der Waals surface area contributed by atoms with Crippen LogP contribution in [0.3, 0.4) is 0 Å². The van der Waals surface area contributed by atoms with Crippen molar-refractivity contribution in [1.82, 2.24) is 0 Å². The van der Waals surface area contributed by atoms with Crippen LogP contribution in [-0.2, 0) is 20.8 Å². The van der Waals surface area contributed by atoms with E-state index in [1.807, 2.05) is 24.3 Å². The highest BCUT2D eigenvalue weighted by molar-refractivity contribution is 5.26. The summed E-state index contributed by atoms with van der Waals surface area (Å²) >= 11 is 0. The average molecular weight is 298 g/mol. The highest BCUT2D eigenvalue weighted by atomic mass is 16.7. The van der Waals surface area contributed by atoms with E-state index in [1.54, 1.807) is 21.1 Å². The van der Waals surface area contributed by atoms with Crippen molar-refractivity contribution in [1.29, 1.82) is 0 Å². The predicted molar refractivity (Wildman–Crippen MR) is 80.3 cm³/mol. The Morgan fingerprint density at radius 2 is 1.81 bits per heavy atom. The van der Waals surface area contributed by atoms with Crippen LogP contribution in [0.4, 0.5) is 0 Å². The van der Waals surface area contributed by atoms with Crippen LogP contribution in [0.15, 0.2) is 24.3 Å². The van der Waals surface area contributed by atoms with Crippen LogP contribution in [0.25, 0.3) is 0 Å². The van der Waals surface area contributed by atoms with E-state index in [2.05, 4.69) is 0 Å². The van der Waals surface area contributed by atoms with Gasteiger partial charge < -0.3 is 24.1 Å². The second-order valence-corrected chi connectivity index (χ2v) is 4.98. The maximum atomic E-state index is 9.34. The third-order valence-corrected chi connectivity index (χ3v) is 3.06. The van der Waals surface area contributed by atoms with E-state index < -0.39 is 0 Å². The first-order valence-corrected chi connectivity index (χ1v) is 7.15. The van der Waals surface area contributed by atoms with Gasteiger partial charge in [0.05, 0.1) is 32.5 Å². The normalized spacial score (nSPS) is 13.9. The summed E-state index contributed by atoms with van der Waals surface area (Å²) in [5.74, 6) is 0.831. The molecule has 120 valence electrons. The Balaban J connectivity index is 2.33. The fourth-order valence-corrected chi connectivity index (χ4v) is 1.84. The van der Waals surface area contributed by atoms with E-state index >= 15 is 0 Å². The van der Waals surface area contributed by atoms with Gasteiger partial charge in [0.25, 0.3) is 0 Å². The van der Waals surface area contributed by atoms with Crippen LogP contribution in [0.2, 0.25) is 0 Å². The van der Waals surface area contributed by atoms with Crippen LogP contribution >= 0.6 is 0 Å². The summed E-state index contributed by atoms with van der Waals surface area (Å²) in [7, 11) is 3.23. The Kier molecular flexibility index (Phi) is 9.01. The standard InChI is InChI=1S/C16H26O5/c1-13(17)4-7-16(21-12-18-2)11-20-10-14-5-8-15(19-3)9-6-14/h5-6,8-9,13,16-17H,4,7,10-12H2,1-3H3/t13-,16-/m1/s1. The van der Waals surface area contributed by atoms with Gasteiger partial charge in [-0.15, -0.1) is 0 Å². The van der Waals surface area contributed by atoms with Crippen molar-refractivity contribution < 1.29 is 24.1 Å². The average Bonchev–Trinajstić information content (AvgIpc) is 2.50. The monoisotopic (exact) mass is 298 g/mol. The molecule has 0 bridgehead atoms. The molecule has 0 aliphatic rings. The molecule has 2 atom stereocenters. The topological polar surface area (TPSA) is 57.2 Å². The van der Waals surface area contributed by atoms with Crippen LogP contribution in [0.5, 0.6) is 5.75 Å². The van der Waals surface area contributed by atoms with Gasteiger partial charge in [-0.2, -0.15) is 0 Å². The van der Waals surface area contributed by atoms with E-state index in [4.69, 9.17) is 18.9 Å². The first-order valence-electron chi connectivity index (χ1n) is 7.15. The van der Waals surface area contributed by atoms with Gasteiger partial charge in [-0.05, 0) is 37.5 Å². The Labute approximate surface area is 126 Å². The fraction of sp³-hybridized carbons (Fsp3) is 0.625. The summed E-state index contributed by atoms with van der Waals surface area (Å²) in [6, 6.07) is 7.76. The number of rotatable bonds is 11. The quantitative estimate of drug-likeness (QED) is 0.636. The molecule has 5 nitrogen and oxygen atoms in total. The molecule has 0 radical (unpaired) electrons. The van der Waals surface area contributed by atoms with E-state index in [1.165, 1.54) is 0 Å². The molecule has 0 saturated carbocycles. The number of hydrogen-bond acceptors (Lipinski definition) is 5. The zero-order chi connectivity index (χ0) is 15.5. The van der Waals surface area contributed by atoms with E-state index in [0.717, 1.165) is 17.7 Å². The Morgan fingerprint density at radius 3 is 2.38 bits per heavy atom. The number of aliphatic hydroxyl groups is 1. The lowest BCUT2D eigenvalue weighted by Crippen LogP contribution is -2.22. The molecule has 0 saturated heterocycles. The van der Waals surface area contributed by atoms with Gasteiger partial charge >= 0.3 is 0 Å². The molecule has 0 aromatic heterocycles. The Hall–Kier alpha value is -1.14. The predicted octanol–water partition coefficient (Wildman–Crippen LogP) is 2.36. The van der Waals surface area contributed by atoms with Crippen LogP contribution in [0.1, 0.15) is 25.3 Å². The summed E-state index contributed by atoms with van der Waals surface area (Å²) in [6.07, 6.45) is 1.02. The van der Waals surface area contributed by atoms with Crippen molar-refractivity contribution in [3.8, 4) is 5.75 Å². The van der Waals surface area contributed by atoms with Crippen LogP contribution < -0.4 is 4.74 Å². The molecular weight excluding hydrogens is 272 g/mol. The third-order valence-electron chi connectivity index (χ3n) is 3.06. The van der Waals surface area contributed by atoms with Gasteiger partial charge in [-0.1, -0.05) is 12.1 Å². The zero-order valence-electron chi connectivity index (χ0n) is 13.1. The SMILES string of the molecule is COCO[C@H](CC[C@@H](C)O)COCc1ccc(OC)cc1. The number of ether oxygens (including phenoxy) is 4. The number of benzene rings is 1. The molecule has 1 rings (SSSR count). The molecule has 1 aromatic rings. The smallest absolute Gasteiger partial charge is 0.146 e. The highest BCUT2D eigenvalue weighted by Gasteiger charge is 2.11. The first-order chi connectivity index (χ1) is 10.2. The van der Waals surface area contributed by atoms with Crippen LogP contribution in [-0.4, -0.2) is 44.9 Å². The molecule has 0 fully saturated rings. The molecule has 0 spiro atoms. The minimum Gasteiger partial charge on any atom is -0.497 e. The number of methoxy groups -OCH3 is 2. The molecule has 0 heterocycles. The van der Waals surface area contributed by atoms with Gasteiger partial charge in [-0.25, -0.2) is 0 Å². The zero-order valence-corrected chi connectivity index (χ0v) is 13.1. The molecule has 0 amide bonds. The summed E-state index contributed by atoms with van der Waals surface area (Å²) in [5.41, 5.74) is 1.08. The van der Waals surface area contributed by atoms with Gasteiger partial charge in [0, 0.05) is 7.11 Å². The van der Waals surface area contributed by atoms with E-state index in [-0.39, 0.29) is 19.0 Å². The van der Waals surface area contributed by atoms with Crippen LogP contribution in [0, 0.1) is 0 Å². The summed E-state index contributed by atoms with van der Waals surface area (Å²) in [4.78, 5) is 0. The molecule has 1 N–H and O–H groups in total. The van der Waals surface area contributed by atoms with Crippen molar-refractivity contribution in [3.05, 3.63) is 29.8 Å². The molecule has 0 aliphatic heterocycles. The van der Waals surface area contributed by atoms with Crippen molar-refractivity contribution in [2.24, 2.45) is 0 Å².